The summed E-state index contributed by atoms with van der Waals surface area (Å²) in [5, 5.41) is 27.6. The van der Waals surface area contributed by atoms with Gasteiger partial charge in [0.15, 0.2) is 0 Å². The highest BCUT2D eigenvalue weighted by atomic mass is 16.4. The Labute approximate surface area is 169 Å². The predicted octanol–water partition coefficient (Wildman–Crippen LogP) is 3.36. The van der Waals surface area contributed by atoms with Crippen LogP contribution in [0.5, 0.6) is 0 Å². The van der Waals surface area contributed by atoms with Crippen LogP contribution < -0.4 is 10.6 Å². The van der Waals surface area contributed by atoms with Crippen LogP contribution in [0.25, 0.3) is 0 Å². The monoisotopic (exact) mass is 396 g/mol. The summed E-state index contributed by atoms with van der Waals surface area (Å²) >= 11 is 0. The highest BCUT2D eigenvalue weighted by Gasteiger charge is 2.60. The van der Waals surface area contributed by atoms with E-state index in [1.54, 1.807) is 0 Å². The van der Waals surface area contributed by atoms with E-state index in [9.17, 15) is 19.8 Å². The zero-order valence-corrected chi connectivity index (χ0v) is 18.8. The molecule has 0 amide bonds. The summed E-state index contributed by atoms with van der Waals surface area (Å²) in [6.45, 7) is 16.7. The largest absolute Gasteiger partial charge is 0.481 e. The van der Waals surface area contributed by atoms with Crippen LogP contribution in [0.1, 0.15) is 74.7 Å². The van der Waals surface area contributed by atoms with Gasteiger partial charge in [-0.25, -0.2) is 0 Å². The summed E-state index contributed by atoms with van der Waals surface area (Å²) < 4.78 is 0. The maximum atomic E-state index is 13.0. The van der Waals surface area contributed by atoms with Crippen molar-refractivity contribution >= 4 is 11.9 Å². The SMILES string of the molecule is CC1NC(C)(C)CC(C(CC(=O)O)(C(=O)O)C2CC(C)(C)NC(C)C2C)C1C. The van der Waals surface area contributed by atoms with E-state index in [1.807, 2.05) is 0 Å². The summed E-state index contributed by atoms with van der Waals surface area (Å²) in [7, 11) is 0. The van der Waals surface area contributed by atoms with Crippen LogP contribution >= 0.6 is 0 Å². The van der Waals surface area contributed by atoms with Crippen molar-refractivity contribution in [3.63, 3.8) is 0 Å². The lowest BCUT2D eigenvalue weighted by molar-refractivity contribution is -0.176. The Bertz CT molecular complexity index is 580. The fourth-order valence-corrected chi connectivity index (χ4v) is 6.26. The zero-order chi connectivity index (χ0) is 21.7. The molecular formula is C22H40N2O4. The van der Waals surface area contributed by atoms with Crippen LogP contribution in [0.3, 0.4) is 0 Å². The van der Waals surface area contributed by atoms with Crippen molar-refractivity contribution in [3.8, 4) is 0 Å². The van der Waals surface area contributed by atoms with Gasteiger partial charge in [-0.2, -0.15) is 0 Å². The van der Waals surface area contributed by atoms with Crippen LogP contribution in [-0.2, 0) is 9.59 Å². The van der Waals surface area contributed by atoms with Crippen molar-refractivity contribution in [1.82, 2.24) is 10.6 Å². The van der Waals surface area contributed by atoms with E-state index in [-0.39, 0.29) is 53.3 Å². The molecule has 0 aliphatic carbocycles. The first-order valence-electron chi connectivity index (χ1n) is 10.6. The predicted molar refractivity (Wildman–Crippen MR) is 110 cm³/mol. The van der Waals surface area contributed by atoms with Gasteiger partial charge < -0.3 is 20.8 Å². The molecule has 0 aromatic heterocycles. The summed E-state index contributed by atoms with van der Waals surface area (Å²) in [4.78, 5) is 25.0. The van der Waals surface area contributed by atoms with Gasteiger partial charge in [0.1, 0.15) is 0 Å². The number of hydrogen-bond donors (Lipinski definition) is 4. The lowest BCUT2D eigenvalue weighted by atomic mass is 9.51. The molecule has 2 aliphatic rings. The van der Waals surface area contributed by atoms with Crippen LogP contribution in [0.2, 0.25) is 0 Å². The summed E-state index contributed by atoms with van der Waals surface area (Å²) in [6.07, 6.45) is 0.991. The van der Waals surface area contributed by atoms with E-state index in [0.29, 0.717) is 12.8 Å². The first-order chi connectivity index (χ1) is 12.6. The first-order valence-corrected chi connectivity index (χ1v) is 10.6. The average molecular weight is 397 g/mol. The molecule has 0 aromatic rings. The average Bonchev–Trinajstić information content (AvgIpc) is 2.51. The fraction of sp³-hybridized carbons (Fsp3) is 0.909. The van der Waals surface area contributed by atoms with Crippen molar-refractivity contribution in [1.29, 1.82) is 0 Å². The van der Waals surface area contributed by atoms with Gasteiger partial charge >= 0.3 is 11.9 Å². The Morgan fingerprint density at radius 3 is 1.50 bits per heavy atom. The topological polar surface area (TPSA) is 98.7 Å². The molecule has 2 aliphatic heterocycles. The summed E-state index contributed by atoms with van der Waals surface area (Å²) in [6, 6.07) is 0.257. The number of carbonyl (C=O) groups is 2. The van der Waals surface area contributed by atoms with E-state index in [0.717, 1.165) is 0 Å². The molecule has 4 N–H and O–H groups in total. The van der Waals surface area contributed by atoms with Gasteiger partial charge in [-0.3, -0.25) is 9.59 Å². The highest BCUT2D eigenvalue weighted by Crippen LogP contribution is 2.55. The molecule has 6 heteroatoms. The van der Waals surface area contributed by atoms with E-state index >= 15 is 0 Å². The molecule has 0 radical (unpaired) electrons. The van der Waals surface area contributed by atoms with Crippen LogP contribution in [0, 0.1) is 29.1 Å². The second-order valence-electron chi connectivity index (χ2n) is 10.9. The standard InChI is InChI=1S/C22H40N2O4/c1-12-14(3)23-20(5,6)9-16(12)22(19(27)28,11-18(25)26)17-10-21(7,8)24-15(4)13(17)2/h12-17,23-24H,9-11H2,1-8H3,(H,25,26)(H,27,28). The molecule has 6 nitrogen and oxygen atoms in total. The normalized spacial score (nSPS) is 39.7. The van der Waals surface area contributed by atoms with E-state index in [4.69, 9.17) is 0 Å². The lowest BCUT2D eigenvalue weighted by Gasteiger charge is -2.57. The maximum absolute atomic E-state index is 13.0. The van der Waals surface area contributed by atoms with E-state index < -0.39 is 17.4 Å². The van der Waals surface area contributed by atoms with Gasteiger partial charge in [0.2, 0.25) is 0 Å². The maximum Gasteiger partial charge on any atom is 0.310 e. The fourth-order valence-electron chi connectivity index (χ4n) is 6.26. The third-order valence-electron chi connectivity index (χ3n) is 7.71. The van der Waals surface area contributed by atoms with Crippen molar-refractivity contribution in [2.24, 2.45) is 29.1 Å². The number of carboxylic acid groups (broad SMARTS) is 2. The molecule has 162 valence electrons. The minimum atomic E-state index is -1.29. The van der Waals surface area contributed by atoms with Crippen LogP contribution in [0.15, 0.2) is 0 Å². The first kappa shape index (κ1) is 23.1. The van der Waals surface area contributed by atoms with Gasteiger partial charge in [0.25, 0.3) is 0 Å². The van der Waals surface area contributed by atoms with Gasteiger partial charge in [-0.15, -0.1) is 0 Å². The van der Waals surface area contributed by atoms with Crippen molar-refractivity contribution in [3.05, 3.63) is 0 Å². The van der Waals surface area contributed by atoms with Crippen molar-refractivity contribution in [2.45, 2.75) is 97.8 Å². The summed E-state index contributed by atoms with van der Waals surface area (Å²) in [5.41, 5.74) is -1.74. The zero-order valence-electron chi connectivity index (χ0n) is 18.8. The molecular weight excluding hydrogens is 356 g/mol. The quantitative estimate of drug-likeness (QED) is 0.569. The third-order valence-corrected chi connectivity index (χ3v) is 7.71. The number of rotatable bonds is 5. The van der Waals surface area contributed by atoms with Crippen molar-refractivity contribution < 1.29 is 19.8 Å². The van der Waals surface area contributed by atoms with Gasteiger partial charge in [-0.1, -0.05) is 13.8 Å². The van der Waals surface area contributed by atoms with Crippen molar-refractivity contribution in [2.75, 3.05) is 0 Å². The number of hydrogen-bond acceptors (Lipinski definition) is 4. The Balaban J connectivity index is 2.66. The lowest BCUT2D eigenvalue weighted by Crippen LogP contribution is -2.65. The molecule has 28 heavy (non-hydrogen) atoms. The Morgan fingerprint density at radius 2 is 1.21 bits per heavy atom. The van der Waals surface area contributed by atoms with E-state index in [1.165, 1.54) is 0 Å². The molecule has 2 heterocycles. The number of aliphatic carboxylic acids is 2. The Morgan fingerprint density at radius 1 is 0.857 bits per heavy atom. The Hall–Kier alpha value is -1.14. The minimum absolute atomic E-state index is 0.0731. The smallest absolute Gasteiger partial charge is 0.310 e. The second kappa shape index (κ2) is 7.60. The van der Waals surface area contributed by atoms with Gasteiger partial charge in [0, 0.05) is 23.2 Å². The molecule has 2 saturated heterocycles. The molecule has 2 rings (SSSR count). The molecule has 2 fully saturated rings. The highest BCUT2D eigenvalue weighted by molar-refractivity contribution is 5.82. The molecule has 0 aromatic carbocycles. The molecule has 6 atom stereocenters. The number of carboxylic acids is 2. The van der Waals surface area contributed by atoms with Crippen LogP contribution in [0.4, 0.5) is 0 Å². The molecule has 0 spiro atoms. The number of piperidine rings is 2. The van der Waals surface area contributed by atoms with Gasteiger partial charge in [0.05, 0.1) is 11.8 Å². The minimum Gasteiger partial charge on any atom is -0.481 e. The third kappa shape index (κ3) is 4.23. The number of nitrogens with one attached hydrogen (secondary N) is 2. The Kier molecular flexibility index (Phi) is 6.28. The molecule has 0 saturated carbocycles. The molecule has 0 bridgehead atoms. The second-order valence-corrected chi connectivity index (χ2v) is 10.9. The summed E-state index contributed by atoms with van der Waals surface area (Å²) in [5.74, 6) is -2.23. The molecule has 6 unspecified atom stereocenters. The van der Waals surface area contributed by atoms with Crippen LogP contribution in [-0.4, -0.2) is 45.3 Å². The van der Waals surface area contributed by atoms with E-state index in [2.05, 4.69) is 66.0 Å². The van der Waals surface area contributed by atoms with Gasteiger partial charge in [-0.05, 0) is 78.1 Å².